The van der Waals surface area contributed by atoms with E-state index in [0.717, 1.165) is 35.4 Å². The Balaban J connectivity index is 1.76. The van der Waals surface area contributed by atoms with Gasteiger partial charge in [0, 0.05) is 24.2 Å². The zero-order valence-corrected chi connectivity index (χ0v) is 17.7. The van der Waals surface area contributed by atoms with Crippen molar-refractivity contribution < 1.29 is 8.42 Å². The molecular weight excluding hydrogens is 410 g/mol. The van der Waals surface area contributed by atoms with Crippen molar-refractivity contribution in [1.82, 2.24) is 24.1 Å². The van der Waals surface area contributed by atoms with Gasteiger partial charge in [0.05, 0.1) is 22.8 Å². The summed E-state index contributed by atoms with van der Waals surface area (Å²) in [4.78, 5) is 9.45. The second-order valence-corrected chi connectivity index (χ2v) is 9.26. The largest absolute Gasteiger partial charge is 0.325 e. The molecule has 9 heteroatoms. The molecule has 0 N–H and O–H groups in total. The molecule has 0 amide bonds. The first-order valence-electron chi connectivity index (χ1n) is 9.21. The molecule has 0 aliphatic heterocycles. The monoisotopic (exact) mass is 429 g/mol. The van der Waals surface area contributed by atoms with Gasteiger partial charge in [-0.3, -0.25) is 0 Å². The van der Waals surface area contributed by atoms with Crippen molar-refractivity contribution in [3.8, 4) is 11.4 Å². The van der Waals surface area contributed by atoms with Gasteiger partial charge in [0.25, 0.3) is 0 Å². The van der Waals surface area contributed by atoms with Crippen LogP contribution in [-0.4, -0.2) is 38.8 Å². The third-order valence-electron chi connectivity index (χ3n) is 4.66. The molecule has 0 fully saturated rings. The average molecular weight is 430 g/mol. The highest BCUT2D eigenvalue weighted by Gasteiger charge is 2.16. The van der Waals surface area contributed by atoms with Crippen LogP contribution in [-0.2, 0) is 22.8 Å². The Morgan fingerprint density at radius 1 is 1.17 bits per heavy atom. The number of rotatable bonds is 6. The maximum absolute atomic E-state index is 11.9. The molecule has 0 unspecified atom stereocenters. The number of nitrogens with zero attached hydrogens (tertiary/aromatic N) is 5. The lowest BCUT2D eigenvalue weighted by Crippen LogP contribution is -2.06. The smallest absolute Gasteiger partial charge is 0.175 e. The highest BCUT2D eigenvalue weighted by atomic mass is 35.5. The number of benzene rings is 1. The lowest BCUT2D eigenvalue weighted by Gasteiger charge is -2.09. The van der Waals surface area contributed by atoms with Gasteiger partial charge in [-0.1, -0.05) is 37.1 Å². The minimum atomic E-state index is -3.30. The highest BCUT2D eigenvalue weighted by molar-refractivity contribution is 7.90. The average Bonchev–Trinajstić information content (AvgIpc) is 3.27. The molecule has 0 spiro atoms. The zero-order valence-electron chi connectivity index (χ0n) is 16.1. The molecule has 3 heterocycles. The number of halogens is 1. The van der Waals surface area contributed by atoms with Crippen LogP contribution in [0.2, 0.25) is 5.15 Å². The van der Waals surface area contributed by atoms with Crippen molar-refractivity contribution in [2.75, 3.05) is 6.26 Å². The Labute approximate surface area is 173 Å². The Morgan fingerprint density at radius 3 is 2.76 bits per heavy atom. The summed E-state index contributed by atoms with van der Waals surface area (Å²) < 4.78 is 27.6. The van der Waals surface area contributed by atoms with Crippen molar-refractivity contribution >= 4 is 27.1 Å². The number of aromatic nitrogens is 5. The molecule has 29 heavy (non-hydrogen) atoms. The Hall–Kier alpha value is -2.71. The fraction of sp³-hybridized carbons (Fsp3) is 0.250. The lowest BCUT2D eigenvalue weighted by molar-refractivity contribution is 0.602. The first-order chi connectivity index (χ1) is 13.9. The van der Waals surface area contributed by atoms with Crippen LogP contribution in [0.4, 0.5) is 0 Å². The van der Waals surface area contributed by atoms with Crippen molar-refractivity contribution in [2.24, 2.45) is 0 Å². The zero-order chi connectivity index (χ0) is 20.6. The summed E-state index contributed by atoms with van der Waals surface area (Å²) >= 11 is 6.08. The second-order valence-electron chi connectivity index (χ2n) is 6.86. The fourth-order valence-corrected chi connectivity index (χ4v) is 4.15. The van der Waals surface area contributed by atoms with E-state index in [1.54, 1.807) is 35.0 Å². The normalized spacial score (nSPS) is 12.0. The topological polar surface area (TPSA) is 82.1 Å². The summed E-state index contributed by atoms with van der Waals surface area (Å²) in [5.74, 6) is 0.681. The standard InChI is InChI=1S/C20H20ClN5O2S/c1-3-5-17-16(23-19-9-8-18(21)24-26(17)19)13-25-11-10-22-20(25)14-6-4-7-15(12-14)29(2,27)28/h4,6-12H,3,5,13H2,1-2H3. The summed E-state index contributed by atoms with van der Waals surface area (Å²) in [5, 5.41) is 4.81. The van der Waals surface area contributed by atoms with E-state index < -0.39 is 9.84 Å². The maximum Gasteiger partial charge on any atom is 0.175 e. The second kappa shape index (κ2) is 7.61. The summed E-state index contributed by atoms with van der Waals surface area (Å²) in [5.41, 5.74) is 3.38. The number of aryl methyl sites for hydroxylation is 1. The van der Waals surface area contributed by atoms with Gasteiger partial charge in [0.2, 0.25) is 0 Å². The number of imidazole rings is 2. The summed E-state index contributed by atoms with van der Waals surface area (Å²) in [7, 11) is -3.30. The van der Waals surface area contributed by atoms with Crippen molar-refractivity contribution in [3.05, 3.63) is 65.3 Å². The SMILES string of the molecule is CCCc1c(Cn2ccnc2-c2cccc(S(C)(=O)=O)c2)nc2ccc(Cl)nn12. The van der Waals surface area contributed by atoms with E-state index in [-0.39, 0.29) is 4.90 Å². The minimum Gasteiger partial charge on any atom is -0.325 e. The molecule has 0 atom stereocenters. The molecule has 4 rings (SSSR count). The van der Waals surface area contributed by atoms with Crippen LogP contribution in [0.3, 0.4) is 0 Å². The van der Waals surface area contributed by atoms with E-state index >= 15 is 0 Å². The van der Waals surface area contributed by atoms with Gasteiger partial charge in [-0.2, -0.15) is 5.10 Å². The van der Waals surface area contributed by atoms with E-state index in [0.29, 0.717) is 17.5 Å². The summed E-state index contributed by atoms with van der Waals surface area (Å²) in [6.07, 6.45) is 6.53. The molecule has 3 aromatic heterocycles. The summed E-state index contributed by atoms with van der Waals surface area (Å²) in [6.45, 7) is 2.60. The van der Waals surface area contributed by atoms with Crippen molar-refractivity contribution in [3.63, 3.8) is 0 Å². The maximum atomic E-state index is 11.9. The van der Waals surface area contributed by atoms with Crippen molar-refractivity contribution in [2.45, 2.75) is 31.2 Å². The predicted octanol–water partition coefficient (Wildman–Crippen LogP) is 3.65. The van der Waals surface area contributed by atoms with E-state index in [4.69, 9.17) is 16.6 Å². The molecule has 0 bridgehead atoms. The van der Waals surface area contributed by atoms with E-state index in [9.17, 15) is 8.42 Å². The molecule has 0 radical (unpaired) electrons. The van der Waals surface area contributed by atoms with Crippen molar-refractivity contribution in [1.29, 1.82) is 0 Å². The molecule has 7 nitrogen and oxygen atoms in total. The molecule has 4 aromatic rings. The van der Waals surface area contributed by atoms with E-state index in [2.05, 4.69) is 17.0 Å². The fourth-order valence-electron chi connectivity index (χ4n) is 3.34. The molecule has 0 saturated carbocycles. The lowest BCUT2D eigenvalue weighted by atomic mass is 10.2. The van der Waals surface area contributed by atoms with Crippen LogP contribution in [0.25, 0.3) is 17.0 Å². The first-order valence-corrected chi connectivity index (χ1v) is 11.5. The van der Waals surface area contributed by atoms with Crippen LogP contribution in [0.1, 0.15) is 24.7 Å². The first kappa shape index (κ1) is 19.6. The predicted molar refractivity (Wildman–Crippen MR) is 112 cm³/mol. The van der Waals surface area contributed by atoms with Gasteiger partial charge in [-0.15, -0.1) is 0 Å². The van der Waals surface area contributed by atoms with Crippen LogP contribution in [0.5, 0.6) is 0 Å². The highest BCUT2D eigenvalue weighted by Crippen LogP contribution is 2.23. The van der Waals surface area contributed by atoms with Crippen LogP contribution in [0.15, 0.2) is 53.7 Å². The molecule has 0 saturated heterocycles. The molecule has 0 aliphatic rings. The Kier molecular flexibility index (Phi) is 5.14. The molecule has 150 valence electrons. The van der Waals surface area contributed by atoms with E-state index in [1.807, 2.05) is 22.9 Å². The molecular formula is C20H20ClN5O2S. The van der Waals surface area contributed by atoms with Crippen LogP contribution >= 0.6 is 11.6 Å². The number of hydrogen-bond acceptors (Lipinski definition) is 5. The Morgan fingerprint density at radius 2 is 2.00 bits per heavy atom. The van der Waals surface area contributed by atoms with Gasteiger partial charge >= 0.3 is 0 Å². The van der Waals surface area contributed by atoms with Gasteiger partial charge in [-0.05, 0) is 30.7 Å². The quantitative estimate of drug-likeness (QED) is 0.467. The van der Waals surface area contributed by atoms with Crippen LogP contribution < -0.4 is 0 Å². The van der Waals surface area contributed by atoms with Gasteiger partial charge < -0.3 is 4.57 Å². The van der Waals surface area contributed by atoms with Gasteiger partial charge in [0.1, 0.15) is 11.0 Å². The van der Waals surface area contributed by atoms with Gasteiger partial charge in [0.15, 0.2) is 15.5 Å². The van der Waals surface area contributed by atoms with Gasteiger partial charge in [-0.25, -0.2) is 22.9 Å². The summed E-state index contributed by atoms with van der Waals surface area (Å²) in [6, 6.07) is 10.4. The molecule has 0 aliphatic carbocycles. The Bertz CT molecular complexity index is 1290. The molecule has 1 aromatic carbocycles. The number of sulfone groups is 1. The van der Waals surface area contributed by atoms with E-state index in [1.165, 1.54) is 6.26 Å². The number of fused-ring (bicyclic) bond motifs is 1. The third-order valence-corrected chi connectivity index (χ3v) is 5.98. The van der Waals surface area contributed by atoms with Crippen LogP contribution in [0, 0.1) is 0 Å². The number of hydrogen-bond donors (Lipinski definition) is 0. The third kappa shape index (κ3) is 3.90. The minimum absolute atomic E-state index is 0.266.